The first kappa shape index (κ1) is 11.4. The van der Waals surface area contributed by atoms with Crippen molar-refractivity contribution < 1.29 is 15.0 Å². The molecule has 0 saturated carbocycles. The first-order valence-corrected chi connectivity index (χ1v) is 3.96. The molecular weight excluding hydrogens is 158 g/mol. The summed E-state index contributed by atoms with van der Waals surface area (Å²) in [5.41, 5.74) is -0.0838. The average Bonchev–Trinajstić information content (AvgIpc) is 1.80. The van der Waals surface area contributed by atoms with Gasteiger partial charge < -0.3 is 15.5 Å². The van der Waals surface area contributed by atoms with Crippen LogP contribution in [0.5, 0.6) is 0 Å². The summed E-state index contributed by atoms with van der Waals surface area (Å²) in [4.78, 5) is 10.1. The molecule has 0 unspecified atom stereocenters. The number of aliphatic hydroxyl groups excluding tert-OH is 1. The zero-order valence-corrected chi connectivity index (χ0v) is 7.79. The van der Waals surface area contributed by atoms with Crippen LogP contribution in [0.3, 0.4) is 0 Å². The molecule has 0 heterocycles. The van der Waals surface area contributed by atoms with E-state index in [1.807, 2.05) is 20.8 Å². The number of carbonyl (C=O) groups is 1. The van der Waals surface area contributed by atoms with E-state index in [2.05, 4.69) is 5.32 Å². The lowest BCUT2D eigenvalue weighted by Gasteiger charge is -2.22. The zero-order chi connectivity index (χ0) is 9.78. The van der Waals surface area contributed by atoms with Gasteiger partial charge in [-0.3, -0.25) is 4.79 Å². The van der Waals surface area contributed by atoms with E-state index in [4.69, 9.17) is 10.2 Å². The largest absolute Gasteiger partial charge is 0.481 e. The van der Waals surface area contributed by atoms with Crippen LogP contribution in [0.4, 0.5) is 0 Å². The van der Waals surface area contributed by atoms with Crippen molar-refractivity contribution in [1.29, 1.82) is 0 Å². The Labute approximate surface area is 72.6 Å². The van der Waals surface area contributed by atoms with E-state index in [1.54, 1.807) is 0 Å². The minimum atomic E-state index is -0.974. The second-order valence-corrected chi connectivity index (χ2v) is 3.88. The van der Waals surface area contributed by atoms with Crippen molar-refractivity contribution in [1.82, 2.24) is 5.32 Å². The fourth-order valence-electron chi connectivity index (χ4n) is 0.698. The minimum Gasteiger partial charge on any atom is -0.481 e. The van der Waals surface area contributed by atoms with Crippen LogP contribution in [-0.2, 0) is 4.79 Å². The Hall–Kier alpha value is -0.610. The van der Waals surface area contributed by atoms with Crippen LogP contribution in [0.25, 0.3) is 0 Å². The lowest BCUT2D eigenvalue weighted by molar-refractivity contribution is -0.139. The molecule has 0 aromatic carbocycles. The normalized spacial score (nSPS) is 14.3. The lowest BCUT2D eigenvalue weighted by atomic mass is 10.1. The summed E-state index contributed by atoms with van der Waals surface area (Å²) in [6.45, 7) is 6.19. The maximum Gasteiger partial charge on any atom is 0.306 e. The number of β-amino-alcohol motifs (C(OH)–C–C–N with tert-alkyl or cyclic N) is 1. The summed E-state index contributed by atoms with van der Waals surface area (Å²) < 4.78 is 0. The fourth-order valence-corrected chi connectivity index (χ4v) is 0.698. The van der Waals surface area contributed by atoms with Gasteiger partial charge in [0.15, 0.2) is 0 Å². The van der Waals surface area contributed by atoms with Gasteiger partial charge in [0.2, 0.25) is 0 Å². The van der Waals surface area contributed by atoms with Crippen molar-refractivity contribution in [3.8, 4) is 0 Å². The van der Waals surface area contributed by atoms with E-state index in [-0.39, 0.29) is 12.0 Å². The van der Waals surface area contributed by atoms with Crippen LogP contribution in [-0.4, -0.2) is 34.4 Å². The Balaban J connectivity index is 3.57. The van der Waals surface area contributed by atoms with E-state index >= 15 is 0 Å². The molecule has 72 valence electrons. The maximum absolute atomic E-state index is 10.1. The van der Waals surface area contributed by atoms with E-state index in [0.717, 1.165) is 0 Å². The summed E-state index contributed by atoms with van der Waals surface area (Å²) in [6.07, 6.45) is -1.01. The highest BCUT2D eigenvalue weighted by Gasteiger charge is 2.13. The van der Waals surface area contributed by atoms with Crippen molar-refractivity contribution in [3.05, 3.63) is 0 Å². The molecule has 0 spiro atoms. The minimum absolute atomic E-state index is 0.0838. The van der Waals surface area contributed by atoms with Crippen LogP contribution in [0.15, 0.2) is 0 Å². The highest BCUT2D eigenvalue weighted by Crippen LogP contribution is 1.99. The molecule has 4 heteroatoms. The van der Waals surface area contributed by atoms with Crippen LogP contribution >= 0.6 is 0 Å². The Morgan fingerprint density at radius 3 is 2.33 bits per heavy atom. The molecule has 3 N–H and O–H groups in total. The number of nitrogens with one attached hydrogen (secondary N) is 1. The summed E-state index contributed by atoms with van der Waals surface area (Å²) in [7, 11) is 0. The summed E-state index contributed by atoms with van der Waals surface area (Å²) in [5, 5.41) is 20.5. The molecule has 0 aliphatic carbocycles. The van der Waals surface area contributed by atoms with E-state index in [9.17, 15) is 4.79 Å². The molecule has 1 atom stereocenters. The van der Waals surface area contributed by atoms with Gasteiger partial charge in [0, 0.05) is 12.1 Å². The summed E-state index contributed by atoms with van der Waals surface area (Å²) in [6, 6.07) is 0. The summed E-state index contributed by atoms with van der Waals surface area (Å²) >= 11 is 0. The standard InChI is InChI=1S/C8H17NO3/c1-8(2,3)9-5-6(10)4-7(11)12/h6,9-10H,4-5H2,1-3H3,(H,11,12)/t6-/m0/s1. The molecule has 0 amide bonds. The van der Waals surface area contributed by atoms with Gasteiger partial charge in [-0.2, -0.15) is 0 Å². The second kappa shape index (κ2) is 4.42. The van der Waals surface area contributed by atoms with Crippen molar-refractivity contribution >= 4 is 5.97 Å². The number of aliphatic hydroxyl groups is 1. The Morgan fingerprint density at radius 2 is 2.00 bits per heavy atom. The molecule has 0 fully saturated rings. The third-order valence-electron chi connectivity index (χ3n) is 1.28. The van der Waals surface area contributed by atoms with Gasteiger partial charge in [0.25, 0.3) is 0 Å². The van der Waals surface area contributed by atoms with Crippen LogP contribution in [0.2, 0.25) is 0 Å². The highest BCUT2D eigenvalue weighted by molar-refractivity contribution is 5.67. The molecule has 0 aliphatic heterocycles. The van der Waals surface area contributed by atoms with E-state index in [1.165, 1.54) is 0 Å². The molecule has 0 aromatic rings. The Bertz CT molecular complexity index is 151. The van der Waals surface area contributed by atoms with Crippen LogP contribution < -0.4 is 5.32 Å². The first-order chi connectivity index (χ1) is 5.31. The van der Waals surface area contributed by atoms with Gasteiger partial charge in [-0.15, -0.1) is 0 Å². The van der Waals surface area contributed by atoms with Crippen molar-refractivity contribution in [2.75, 3.05) is 6.54 Å². The molecule has 0 radical (unpaired) electrons. The molecular formula is C8H17NO3. The fraction of sp³-hybridized carbons (Fsp3) is 0.875. The lowest BCUT2D eigenvalue weighted by Crippen LogP contribution is -2.41. The van der Waals surface area contributed by atoms with Gasteiger partial charge in [-0.25, -0.2) is 0 Å². The molecule has 0 bridgehead atoms. The Morgan fingerprint density at radius 1 is 1.50 bits per heavy atom. The molecule has 4 nitrogen and oxygen atoms in total. The third kappa shape index (κ3) is 7.50. The van der Waals surface area contributed by atoms with E-state index < -0.39 is 12.1 Å². The molecule has 0 aliphatic rings. The van der Waals surface area contributed by atoms with Crippen molar-refractivity contribution in [3.63, 3.8) is 0 Å². The van der Waals surface area contributed by atoms with Gasteiger partial charge >= 0.3 is 5.97 Å². The number of carboxylic acid groups (broad SMARTS) is 1. The van der Waals surface area contributed by atoms with Gasteiger partial charge in [0.05, 0.1) is 12.5 Å². The monoisotopic (exact) mass is 175 g/mol. The number of hydrogen-bond donors (Lipinski definition) is 3. The first-order valence-electron chi connectivity index (χ1n) is 3.96. The van der Waals surface area contributed by atoms with Crippen LogP contribution in [0, 0.1) is 0 Å². The van der Waals surface area contributed by atoms with Crippen molar-refractivity contribution in [2.24, 2.45) is 0 Å². The number of hydrogen-bond acceptors (Lipinski definition) is 3. The molecule has 0 aromatic heterocycles. The summed E-state index contributed by atoms with van der Waals surface area (Å²) in [5.74, 6) is -0.974. The second-order valence-electron chi connectivity index (χ2n) is 3.88. The van der Waals surface area contributed by atoms with Gasteiger partial charge in [-0.1, -0.05) is 0 Å². The van der Waals surface area contributed by atoms with Crippen LogP contribution in [0.1, 0.15) is 27.2 Å². The topological polar surface area (TPSA) is 69.6 Å². The number of rotatable bonds is 4. The third-order valence-corrected chi connectivity index (χ3v) is 1.28. The predicted octanol–water partition coefficient (Wildman–Crippen LogP) is 0.210. The molecule has 12 heavy (non-hydrogen) atoms. The molecule has 0 rings (SSSR count). The van der Waals surface area contributed by atoms with Gasteiger partial charge in [-0.05, 0) is 20.8 Å². The zero-order valence-electron chi connectivity index (χ0n) is 7.79. The van der Waals surface area contributed by atoms with Gasteiger partial charge in [0.1, 0.15) is 0 Å². The average molecular weight is 175 g/mol. The SMILES string of the molecule is CC(C)(C)NC[C@@H](O)CC(=O)O. The van der Waals surface area contributed by atoms with Crippen molar-refractivity contribution in [2.45, 2.75) is 38.8 Å². The quantitative estimate of drug-likeness (QED) is 0.571. The predicted molar refractivity (Wildman–Crippen MR) is 46.0 cm³/mol. The maximum atomic E-state index is 10.1. The number of aliphatic carboxylic acids is 1. The smallest absolute Gasteiger partial charge is 0.306 e. The number of carboxylic acids is 1. The van der Waals surface area contributed by atoms with E-state index in [0.29, 0.717) is 6.54 Å². The highest BCUT2D eigenvalue weighted by atomic mass is 16.4. The molecule has 0 saturated heterocycles. The Kier molecular flexibility index (Phi) is 4.20.